The molecule has 2 nitrogen and oxygen atoms in total. The highest BCUT2D eigenvalue weighted by Crippen LogP contribution is 2.43. The summed E-state index contributed by atoms with van der Waals surface area (Å²) >= 11 is 3.58. The molecule has 0 N–H and O–H groups in total. The van der Waals surface area contributed by atoms with Gasteiger partial charge in [0.1, 0.15) is 0 Å². The summed E-state index contributed by atoms with van der Waals surface area (Å²) in [6.45, 7) is 2.90. The number of rotatable bonds is 4. The van der Waals surface area contributed by atoms with E-state index in [9.17, 15) is 13.2 Å². The van der Waals surface area contributed by atoms with Crippen LogP contribution in [0.3, 0.4) is 0 Å². The molecule has 2 fully saturated rings. The summed E-state index contributed by atoms with van der Waals surface area (Å²) in [5.41, 5.74) is 0.395. The Balaban J connectivity index is 1.73. The molecule has 0 amide bonds. The van der Waals surface area contributed by atoms with E-state index in [-0.39, 0.29) is 0 Å². The molecule has 0 atom stereocenters. The lowest BCUT2D eigenvalue weighted by Gasteiger charge is -2.46. The zero-order valence-electron chi connectivity index (χ0n) is 10.5. The molecule has 0 aromatic carbocycles. The molecule has 6 heteroatoms. The Morgan fingerprint density at radius 2 is 1.56 bits per heavy atom. The number of piperazine rings is 1. The van der Waals surface area contributed by atoms with Crippen LogP contribution in [0.15, 0.2) is 0 Å². The molecule has 106 valence electrons. The lowest BCUT2D eigenvalue weighted by Crippen LogP contribution is -2.53. The van der Waals surface area contributed by atoms with Crippen molar-refractivity contribution < 1.29 is 13.2 Å². The Kier molecular flexibility index (Phi) is 4.60. The van der Waals surface area contributed by atoms with E-state index in [1.165, 1.54) is 24.2 Å². The Hall–Kier alpha value is 0.190. The Morgan fingerprint density at radius 3 is 1.94 bits per heavy atom. The molecule has 0 aromatic rings. The van der Waals surface area contributed by atoms with Gasteiger partial charge in [-0.3, -0.25) is 4.90 Å². The van der Waals surface area contributed by atoms with Gasteiger partial charge in [0, 0.05) is 38.1 Å². The molecule has 0 spiro atoms. The lowest BCUT2D eigenvalue weighted by molar-refractivity contribution is -0.149. The van der Waals surface area contributed by atoms with E-state index in [1.807, 2.05) is 0 Å². The van der Waals surface area contributed by atoms with Gasteiger partial charge in [-0.05, 0) is 18.3 Å². The normalized spacial score (nSPS) is 26.0. The molecule has 1 saturated carbocycles. The highest BCUT2D eigenvalue weighted by atomic mass is 79.9. The maximum atomic E-state index is 12.3. The molecule has 0 unspecified atom stereocenters. The number of halogens is 4. The van der Waals surface area contributed by atoms with E-state index in [0.717, 1.165) is 25.0 Å². The van der Waals surface area contributed by atoms with Crippen molar-refractivity contribution in [2.75, 3.05) is 44.6 Å². The first-order chi connectivity index (χ1) is 8.42. The first kappa shape index (κ1) is 14.6. The van der Waals surface area contributed by atoms with Crippen LogP contribution in [0.25, 0.3) is 0 Å². The molecule has 0 bridgehead atoms. The maximum Gasteiger partial charge on any atom is 0.401 e. The van der Waals surface area contributed by atoms with Gasteiger partial charge in [-0.15, -0.1) is 0 Å². The summed E-state index contributed by atoms with van der Waals surface area (Å²) in [6.07, 6.45) is -0.269. The van der Waals surface area contributed by atoms with Crippen LogP contribution >= 0.6 is 15.9 Å². The topological polar surface area (TPSA) is 6.48 Å². The summed E-state index contributed by atoms with van der Waals surface area (Å²) in [4.78, 5) is 3.84. The monoisotopic (exact) mass is 328 g/mol. The van der Waals surface area contributed by atoms with Crippen molar-refractivity contribution in [1.29, 1.82) is 0 Å². The molecule has 0 aromatic heterocycles. The average Bonchev–Trinajstić information content (AvgIpc) is 2.24. The van der Waals surface area contributed by atoms with E-state index in [4.69, 9.17) is 0 Å². The Bertz CT molecular complexity index is 265. The SMILES string of the molecule is FC(F)(F)CN1CCN(CC2(CBr)CCC2)CC1. The molecular weight excluding hydrogens is 309 g/mol. The van der Waals surface area contributed by atoms with Gasteiger partial charge >= 0.3 is 6.18 Å². The average molecular weight is 329 g/mol. The van der Waals surface area contributed by atoms with E-state index in [2.05, 4.69) is 20.8 Å². The minimum atomic E-state index is -4.06. The minimum Gasteiger partial charge on any atom is -0.300 e. The zero-order valence-corrected chi connectivity index (χ0v) is 12.1. The van der Waals surface area contributed by atoms with E-state index in [1.54, 1.807) is 0 Å². The van der Waals surface area contributed by atoms with Crippen molar-refractivity contribution in [2.45, 2.75) is 25.4 Å². The van der Waals surface area contributed by atoms with Crippen LogP contribution in [0.1, 0.15) is 19.3 Å². The quantitative estimate of drug-likeness (QED) is 0.732. The van der Waals surface area contributed by atoms with Crippen LogP contribution in [0.4, 0.5) is 13.2 Å². The molecule has 18 heavy (non-hydrogen) atoms. The molecule has 2 rings (SSSR count). The predicted molar refractivity (Wildman–Crippen MR) is 69.0 cm³/mol. The summed E-state index contributed by atoms with van der Waals surface area (Å²) in [5.74, 6) is 0. The van der Waals surface area contributed by atoms with Crippen LogP contribution in [0.2, 0.25) is 0 Å². The van der Waals surface area contributed by atoms with Crippen molar-refractivity contribution in [3.8, 4) is 0 Å². The van der Waals surface area contributed by atoms with Crippen molar-refractivity contribution in [3.63, 3.8) is 0 Å². The smallest absolute Gasteiger partial charge is 0.300 e. The van der Waals surface area contributed by atoms with Crippen molar-refractivity contribution in [2.24, 2.45) is 5.41 Å². The summed E-state index contributed by atoms with van der Waals surface area (Å²) < 4.78 is 36.8. The van der Waals surface area contributed by atoms with Crippen LogP contribution in [0.5, 0.6) is 0 Å². The van der Waals surface area contributed by atoms with Crippen LogP contribution in [-0.2, 0) is 0 Å². The summed E-state index contributed by atoms with van der Waals surface area (Å²) in [6, 6.07) is 0. The van der Waals surface area contributed by atoms with Gasteiger partial charge in [-0.25, -0.2) is 0 Å². The van der Waals surface area contributed by atoms with Gasteiger partial charge in [-0.2, -0.15) is 13.2 Å². The molecule has 1 aliphatic heterocycles. The number of hydrogen-bond donors (Lipinski definition) is 0. The zero-order chi connectivity index (χ0) is 13.2. The first-order valence-corrected chi connectivity index (χ1v) is 7.62. The fourth-order valence-electron chi connectivity index (χ4n) is 2.84. The van der Waals surface area contributed by atoms with Gasteiger partial charge < -0.3 is 4.90 Å². The van der Waals surface area contributed by atoms with E-state index < -0.39 is 12.7 Å². The standard InChI is InChI=1S/C12H20BrF3N2/c13-8-11(2-1-3-11)9-17-4-6-18(7-5-17)10-12(14,15)16/h1-10H2. The second kappa shape index (κ2) is 5.67. The van der Waals surface area contributed by atoms with Crippen molar-refractivity contribution in [1.82, 2.24) is 9.80 Å². The first-order valence-electron chi connectivity index (χ1n) is 6.50. The Labute approximate surface area is 115 Å². The lowest BCUT2D eigenvalue weighted by atomic mass is 9.70. The number of alkyl halides is 4. The molecule has 1 saturated heterocycles. The van der Waals surface area contributed by atoms with Crippen LogP contribution < -0.4 is 0 Å². The fourth-order valence-corrected chi connectivity index (χ4v) is 3.58. The highest BCUT2D eigenvalue weighted by molar-refractivity contribution is 9.09. The van der Waals surface area contributed by atoms with Crippen molar-refractivity contribution in [3.05, 3.63) is 0 Å². The number of nitrogens with zero attached hydrogens (tertiary/aromatic N) is 2. The van der Waals surface area contributed by atoms with E-state index in [0.29, 0.717) is 18.5 Å². The van der Waals surface area contributed by atoms with Crippen LogP contribution in [0, 0.1) is 5.41 Å². The van der Waals surface area contributed by atoms with Crippen LogP contribution in [-0.4, -0.2) is 60.6 Å². The number of hydrogen-bond acceptors (Lipinski definition) is 2. The second-order valence-electron chi connectivity index (χ2n) is 5.65. The van der Waals surface area contributed by atoms with Crippen molar-refractivity contribution >= 4 is 15.9 Å². The second-order valence-corrected chi connectivity index (χ2v) is 6.22. The molecule has 2 aliphatic rings. The Morgan fingerprint density at radius 1 is 1.00 bits per heavy atom. The molecule has 1 aliphatic carbocycles. The van der Waals surface area contributed by atoms with Gasteiger partial charge in [0.15, 0.2) is 0 Å². The van der Waals surface area contributed by atoms with Gasteiger partial charge in [0.05, 0.1) is 6.54 Å². The van der Waals surface area contributed by atoms with E-state index >= 15 is 0 Å². The third-order valence-corrected chi connectivity index (χ3v) is 5.31. The third kappa shape index (κ3) is 3.84. The summed E-state index contributed by atoms with van der Waals surface area (Å²) in [5, 5.41) is 1.02. The third-order valence-electron chi connectivity index (χ3n) is 4.12. The predicted octanol–water partition coefficient (Wildman–Crippen LogP) is 2.73. The highest BCUT2D eigenvalue weighted by Gasteiger charge is 2.38. The fraction of sp³-hybridized carbons (Fsp3) is 1.00. The molecule has 0 radical (unpaired) electrons. The van der Waals surface area contributed by atoms with Gasteiger partial charge in [0.25, 0.3) is 0 Å². The minimum absolute atomic E-state index is 0.395. The largest absolute Gasteiger partial charge is 0.401 e. The summed E-state index contributed by atoms with van der Waals surface area (Å²) in [7, 11) is 0. The van der Waals surface area contributed by atoms with Gasteiger partial charge in [0.2, 0.25) is 0 Å². The maximum absolute atomic E-state index is 12.3. The molecular formula is C12H20BrF3N2. The van der Waals surface area contributed by atoms with Gasteiger partial charge in [-0.1, -0.05) is 22.4 Å². The molecule has 1 heterocycles.